The number of nitriles is 1. The fourth-order valence-electron chi connectivity index (χ4n) is 1.07. The minimum Gasteiger partial charge on any atom is -0.496 e. The van der Waals surface area contributed by atoms with Crippen molar-refractivity contribution >= 4 is 5.91 Å². The molecule has 1 amide bonds. The number of ether oxygens (including phenoxy) is 1. The van der Waals surface area contributed by atoms with Crippen LogP contribution in [0.4, 0.5) is 4.39 Å². The Hall–Kier alpha value is -2.09. The molecule has 1 rings (SSSR count). The first-order chi connectivity index (χ1) is 7.19. The van der Waals surface area contributed by atoms with Crippen LogP contribution in [0.2, 0.25) is 0 Å². The topological polar surface area (TPSA) is 62.1 Å². The molecule has 1 aromatic rings. The van der Waals surface area contributed by atoms with Crippen molar-refractivity contribution in [3.05, 3.63) is 29.6 Å². The van der Waals surface area contributed by atoms with Gasteiger partial charge in [0, 0.05) is 0 Å². The largest absolute Gasteiger partial charge is 0.496 e. The molecule has 4 nitrogen and oxygen atoms in total. The molecule has 0 saturated heterocycles. The molecular formula is C10H9FN2O2. The van der Waals surface area contributed by atoms with E-state index in [4.69, 9.17) is 10.00 Å². The number of amides is 1. The molecule has 0 radical (unpaired) electrons. The van der Waals surface area contributed by atoms with E-state index in [1.54, 1.807) is 6.07 Å². The lowest BCUT2D eigenvalue weighted by Crippen LogP contribution is -2.24. The van der Waals surface area contributed by atoms with Gasteiger partial charge in [-0.1, -0.05) is 0 Å². The second-order valence-electron chi connectivity index (χ2n) is 2.69. The molecule has 0 spiro atoms. The van der Waals surface area contributed by atoms with Gasteiger partial charge in [-0.3, -0.25) is 4.79 Å². The van der Waals surface area contributed by atoms with Crippen molar-refractivity contribution < 1.29 is 13.9 Å². The van der Waals surface area contributed by atoms with E-state index in [1.807, 2.05) is 0 Å². The number of hydrogen-bond acceptors (Lipinski definition) is 3. The Balaban J connectivity index is 2.96. The smallest absolute Gasteiger partial charge is 0.255 e. The lowest BCUT2D eigenvalue weighted by Gasteiger charge is -2.07. The molecule has 1 aromatic carbocycles. The van der Waals surface area contributed by atoms with E-state index in [0.717, 1.165) is 6.07 Å². The summed E-state index contributed by atoms with van der Waals surface area (Å²) in [6.07, 6.45) is 0. The van der Waals surface area contributed by atoms with E-state index in [2.05, 4.69) is 5.32 Å². The lowest BCUT2D eigenvalue weighted by atomic mass is 10.2. The summed E-state index contributed by atoms with van der Waals surface area (Å²) in [7, 11) is 1.38. The highest BCUT2D eigenvalue weighted by Crippen LogP contribution is 2.18. The van der Waals surface area contributed by atoms with E-state index < -0.39 is 11.7 Å². The number of rotatable bonds is 3. The van der Waals surface area contributed by atoms with Gasteiger partial charge in [0.15, 0.2) is 0 Å². The summed E-state index contributed by atoms with van der Waals surface area (Å²) < 4.78 is 17.8. The average Bonchev–Trinajstić information content (AvgIpc) is 2.25. The van der Waals surface area contributed by atoms with Crippen LogP contribution in [0.15, 0.2) is 18.2 Å². The van der Waals surface area contributed by atoms with Crippen molar-refractivity contribution in [1.82, 2.24) is 5.32 Å². The molecule has 0 unspecified atom stereocenters. The fraction of sp³-hybridized carbons (Fsp3) is 0.200. The van der Waals surface area contributed by atoms with Crippen LogP contribution in [0.3, 0.4) is 0 Å². The van der Waals surface area contributed by atoms with Crippen molar-refractivity contribution in [3.8, 4) is 11.8 Å². The summed E-state index contributed by atoms with van der Waals surface area (Å²) in [5, 5.41) is 10.6. The molecule has 0 bridgehead atoms. The zero-order chi connectivity index (χ0) is 11.3. The molecule has 0 saturated carbocycles. The summed E-state index contributed by atoms with van der Waals surface area (Å²) in [6.45, 7) is -0.126. The lowest BCUT2D eigenvalue weighted by molar-refractivity contribution is 0.0955. The van der Waals surface area contributed by atoms with E-state index >= 15 is 0 Å². The highest BCUT2D eigenvalue weighted by Gasteiger charge is 2.12. The summed E-state index contributed by atoms with van der Waals surface area (Å²) in [5.41, 5.74) is 0.0766. The van der Waals surface area contributed by atoms with Gasteiger partial charge in [-0.05, 0) is 18.2 Å². The Labute approximate surface area is 86.3 Å². The average molecular weight is 208 g/mol. The molecule has 0 aromatic heterocycles. The molecule has 15 heavy (non-hydrogen) atoms. The third-order valence-electron chi connectivity index (χ3n) is 1.73. The van der Waals surface area contributed by atoms with Crippen LogP contribution in [0, 0.1) is 17.1 Å². The Kier molecular flexibility index (Phi) is 3.63. The maximum absolute atomic E-state index is 12.9. The van der Waals surface area contributed by atoms with Gasteiger partial charge in [0.1, 0.15) is 18.1 Å². The second-order valence-corrected chi connectivity index (χ2v) is 2.69. The number of methoxy groups -OCH3 is 1. The van der Waals surface area contributed by atoms with Crippen LogP contribution in [0.25, 0.3) is 0 Å². The molecule has 0 aliphatic heterocycles. The number of carbonyl (C=O) groups is 1. The van der Waals surface area contributed by atoms with Gasteiger partial charge in [-0.2, -0.15) is 5.26 Å². The maximum Gasteiger partial charge on any atom is 0.255 e. The SMILES string of the molecule is COc1ccc(F)cc1C(=O)NCC#N. The number of halogens is 1. The summed E-state index contributed by atoms with van der Waals surface area (Å²) in [4.78, 5) is 11.4. The minimum atomic E-state index is -0.534. The van der Waals surface area contributed by atoms with Crippen LogP contribution >= 0.6 is 0 Å². The highest BCUT2D eigenvalue weighted by atomic mass is 19.1. The predicted molar refractivity (Wildman–Crippen MR) is 50.9 cm³/mol. The van der Waals surface area contributed by atoms with Crippen molar-refractivity contribution in [2.75, 3.05) is 13.7 Å². The van der Waals surface area contributed by atoms with Gasteiger partial charge < -0.3 is 10.1 Å². The quantitative estimate of drug-likeness (QED) is 0.756. The molecule has 0 aliphatic carbocycles. The Bertz CT molecular complexity index is 412. The standard InChI is InChI=1S/C10H9FN2O2/c1-15-9-3-2-7(11)6-8(9)10(14)13-5-4-12/h2-3,6H,5H2,1H3,(H,13,14). The highest BCUT2D eigenvalue weighted by molar-refractivity contribution is 5.97. The van der Waals surface area contributed by atoms with E-state index in [0.29, 0.717) is 0 Å². The van der Waals surface area contributed by atoms with Gasteiger partial charge in [0.2, 0.25) is 0 Å². The number of nitrogens with one attached hydrogen (secondary N) is 1. The van der Waals surface area contributed by atoms with Crippen molar-refractivity contribution in [1.29, 1.82) is 5.26 Å². The minimum absolute atomic E-state index is 0.0766. The summed E-state index contributed by atoms with van der Waals surface area (Å²) in [6, 6.07) is 5.37. The predicted octanol–water partition coefficient (Wildman–Crippen LogP) is 1.09. The zero-order valence-electron chi connectivity index (χ0n) is 8.08. The van der Waals surface area contributed by atoms with Crippen LogP contribution < -0.4 is 10.1 Å². The van der Waals surface area contributed by atoms with E-state index in [1.165, 1.54) is 19.2 Å². The van der Waals surface area contributed by atoms with Gasteiger partial charge in [-0.15, -0.1) is 0 Å². The molecule has 0 fully saturated rings. The van der Waals surface area contributed by atoms with Crippen LogP contribution in [-0.4, -0.2) is 19.6 Å². The third-order valence-corrected chi connectivity index (χ3v) is 1.73. The Morgan fingerprint density at radius 3 is 3.00 bits per heavy atom. The van der Waals surface area contributed by atoms with Gasteiger partial charge in [-0.25, -0.2) is 4.39 Å². The van der Waals surface area contributed by atoms with Gasteiger partial charge >= 0.3 is 0 Å². The third kappa shape index (κ3) is 2.68. The molecule has 0 heterocycles. The van der Waals surface area contributed by atoms with Crippen LogP contribution in [0.5, 0.6) is 5.75 Å². The molecule has 78 valence electrons. The number of hydrogen-bond donors (Lipinski definition) is 1. The first kappa shape index (κ1) is 11.0. The number of nitrogens with zero attached hydrogens (tertiary/aromatic N) is 1. The Morgan fingerprint density at radius 1 is 1.67 bits per heavy atom. The maximum atomic E-state index is 12.9. The first-order valence-corrected chi connectivity index (χ1v) is 4.17. The second kappa shape index (κ2) is 4.96. The molecule has 5 heteroatoms. The van der Waals surface area contributed by atoms with E-state index in [9.17, 15) is 9.18 Å². The zero-order valence-corrected chi connectivity index (χ0v) is 8.08. The van der Waals surface area contributed by atoms with Crippen LogP contribution in [0.1, 0.15) is 10.4 Å². The summed E-state index contributed by atoms with van der Waals surface area (Å²) >= 11 is 0. The number of carbonyl (C=O) groups excluding carboxylic acids is 1. The van der Waals surface area contributed by atoms with Gasteiger partial charge in [0.05, 0.1) is 18.7 Å². The van der Waals surface area contributed by atoms with E-state index in [-0.39, 0.29) is 17.9 Å². The Morgan fingerprint density at radius 2 is 2.40 bits per heavy atom. The van der Waals surface area contributed by atoms with Crippen molar-refractivity contribution in [3.63, 3.8) is 0 Å². The molecule has 0 atom stereocenters. The van der Waals surface area contributed by atoms with Gasteiger partial charge in [0.25, 0.3) is 5.91 Å². The normalized spacial score (nSPS) is 9.13. The van der Waals surface area contributed by atoms with Crippen LogP contribution in [-0.2, 0) is 0 Å². The van der Waals surface area contributed by atoms with Crippen molar-refractivity contribution in [2.24, 2.45) is 0 Å². The fourth-order valence-corrected chi connectivity index (χ4v) is 1.07. The first-order valence-electron chi connectivity index (χ1n) is 4.17. The molecule has 1 N–H and O–H groups in total. The monoisotopic (exact) mass is 208 g/mol. The number of benzene rings is 1. The molecule has 0 aliphatic rings. The summed E-state index contributed by atoms with van der Waals surface area (Å²) in [5.74, 6) is -0.794. The van der Waals surface area contributed by atoms with Crippen molar-refractivity contribution in [2.45, 2.75) is 0 Å². The molecular weight excluding hydrogens is 199 g/mol.